The molecule has 4 aromatic rings. The molecule has 174 valence electrons. The number of ether oxygens (including phenoxy) is 1. The number of benzene rings is 3. The first-order valence-electron chi connectivity index (χ1n) is 12.1. The molecule has 3 aromatic carbocycles. The molecular formula is C29H31N3O2. The van der Waals surface area contributed by atoms with Crippen LogP contribution in [0, 0.1) is 5.92 Å². The van der Waals surface area contributed by atoms with Crippen molar-refractivity contribution in [2.75, 3.05) is 26.7 Å². The van der Waals surface area contributed by atoms with Crippen LogP contribution in [-0.2, 0) is 6.54 Å². The smallest absolute Gasteiger partial charge is 0.261 e. The number of piperidine rings is 1. The van der Waals surface area contributed by atoms with Crippen molar-refractivity contribution in [1.29, 1.82) is 0 Å². The fourth-order valence-electron chi connectivity index (χ4n) is 5.08. The van der Waals surface area contributed by atoms with Crippen LogP contribution in [0.2, 0.25) is 0 Å². The molecule has 0 spiro atoms. The minimum Gasteiger partial charge on any atom is -0.496 e. The Morgan fingerprint density at radius 3 is 2.59 bits per heavy atom. The van der Waals surface area contributed by atoms with Gasteiger partial charge in [-0.1, -0.05) is 55.5 Å². The zero-order chi connectivity index (χ0) is 23.5. The molecular weight excluding hydrogens is 422 g/mol. The van der Waals surface area contributed by atoms with Gasteiger partial charge in [0.15, 0.2) is 0 Å². The van der Waals surface area contributed by atoms with Crippen LogP contribution in [0.25, 0.3) is 33.4 Å². The summed E-state index contributed by atoms with van der Waals surface area (Å²) in [6.45, 7) is 6.05. The van der Waals surface area contributed by atoms with E-state index in [0.29, 0.717) is 29.2 Å². The Labute approximate surface area is 200 Å². The fourth-order valence-corrected chi connectivity index (χ4v) is 5.08. The summed E-state index contributed by atoms with van der Waals surface area (Å²) >= 11 is 0. The van der Waals surface area contributed by atoms with Gasteiger partial charge in [-0.25, -0.2) is 4.98 Å². The van der Waals surface area contributed by atoms with Gasteiger partial charge in [-0.15, -0.1) is 0 Å². The zero-order valence-electron chi connectivity index (χ0n) is 19.9. The van der Waals surface area contributed by atoms with Crippen molar-refractivity contribution in [3.8, 4) is 28.3 Å². The van der Waals surface area contributed by atoms with E-state index in [1.807, 2.05) is 65.2 Å². The molecule has 0 amide bonds. The van der Waals surface area contributed by atoms with Gasteiger partial charge < -0.3 is 9.64 Å². The van der Waals surface area contributed by atoms with E-state index in [0.717, 1.165) is 54.9 Å². The molecule has 2 heterocycles. The highest BCUT2D eigenvalue weighted by Gasteiger charge is 2.23. The Morgan fingerprint density at radius 1 is 1.00 bits per heavy atom. The van der Waals surface area contributed by atoms with Crippen molar-refractivity contribution in [2.45, 2.75) is 26.3 Å². The molecule has 1 atom stereocenters. The zero-order valence-corrected chi connectivity index (χ0v) is 19.9. The van der Waals surface area contributed by atoms with Gasteiger partial charge in [0, 0.05) is 13.1 Å². The summed E-state index contributed by atoms with van der Waals surface area (Å²) in [6.07, 6.45) is 2.28. The Balaban J connectivity index is 1.67. The summed E-state index contributed by atoms with van der Waals surface area (Å²) in [5.74, 6) is 1.81. The Morgan fingerprint density at radius 2 is 1.79 bits per heavy atom. The van der Waals surface area contributed by atoms with Crippen molar-refractivity contribution in [3.63, 3.8) is 0 Å². The Bertz CT molecular complexity index is 1350. The lowest BCUT2D eigenvalue weighted by Crippen LogP contribution is -2.38. The van der Waals surface area contributed by atoms with Gasteiger partial charge in [-0.3, -0.25) is 9.36 Å². The summed E-state index contributed by atoms with van der Waals surface area (Å²) < 4.78 is 7.53. The van der Waals surface area contributed by atoms with Crippen molar-refractivity contribution >= 4 is 10.9 Å². The van der Waals surface area contributed by atoms with E-state index in [9.17, 15) is 4.79 Å². The molecule has 1 aromatic heterocycles. The van der Waals surface area contributed by atoms with E-state index in [4.69, 9.17) is 9.72 Å². The maximum Gasteiger partial charge on any atom is 0.261 e. The number of likely N-dealkylation sites (tertiary alicyclic amines) is 1. The van der Waals surface area contributed by atoms with Gasteiger partial charge in [0.05, 0.1) is 23.6 Å². The minimum absolute atomic E-state index is 0.0114. The largest absolute Gasteiger partial charge is 0.496 e. The van der Waals surface area contributed by atoms with Crippen molar-refractivity contribution in [2.24, 2.45) is 5.92 Å². The van der Waals surface area contributed by atoms with Gasteiger partial charge >= 0.3 is 0 Å². The van der Waals surface area contributed by atoms with E-state index in [2.05, 4.69) is 24.0 Å². The first-order chi connectivity index (χ1) is 16.7. The minimum atomic E-state index is 0.0114. The molecule has 1 aliphatic rings. The third kappa shape index (κ3) is 4.36. The van der Waals surface area contributed by atoms with E-state index in [-0.39, 0.29) is 5.56 Å². The summed E-state index contributed by atoms with van der Waals surface area (Å²) in [6, 6.07) is 24.0. The lowest BCUT2D eigenvalue weighted by atomic mass is 9.97. The second kappa shape index (κ2) is 9.82. The highest BCUT2D eigenvalue weighted by Crippen LogP contribution is 2.31. The van der Waals surface area contributed by atoms with Crippen LogP contribution in [-0.4, -0.2) is 41.2 Å². The summed E-state index contributed by atoms with van der Waals surface area (Å²) in [5.41, 5.74) is 3.69. The highest BCUT2D eigenvalue weighted by atomic mass is 16.5. The number of methoxy groups -OCH3 is 1. The molecule has 1 aliphatic heterocycles. The number of hydrogen-bond donors (Lipinski definition) is 0. The first kappa shape index (κ1) is 22.4. The average molecular weight is 454 g/mol. The monoisotopic (exact) mass is 453 g/mol. The van der Waals surface area contributed by atoms with Crippen molar-refractivity contribution in [1.82, 2.24) is 14.5 Å². The second-order valence-electron chi connectivity index (χ2n) is 9.05. The molecule has 0 radical (unpaired) electrons. The second-order valence-corrected chi connectivity index (χ2v) is 9.05. The van der Waals surface area contributed by atoms with Gasteiger partial charge in [-0.05, 0) is 67.2 Å². The van der Waals surface area contributed by atoms with Crippen LogP contribution in [0.4, 0.5) is 0 Å². The molecule has 0 aliphatic carbocycles. The van der Waals surface area contributed by atoms with Crippen LogP contribution >= 0.6 is 0 Å². The Hall–Kier alpha value is -3.44. The molecule has 0 saturated carbocycles. The predicted octanol–water partition coefficient (Wildman–Crippen LogP) is 5.47. The maximum atomic E-state index is 14.0. The van der Waals surface area contributed by atoms with Crippen LogP contribution in [0.15, 0.2) is 77.6 Å². The van der Waals surface area contributed by atoms with Crippen LogP contribution < -0.4 is 10.3 Å². The fraction of sp³-hybridized carbons (Fsp3) is 0.310. The highest BCUT2D eigenvalue weighted by molar-refractivity contribution is 5.85. The first-order valence-corrected chi connectivity index (χ1v) is 12.1. The van der Waals surface area contributed by atoms with Crippen molar-refractivity contribution < 1.29 is 4.74 Å². The molecule has 1 fully saturated rings. The summed E-state index contributed by atoms with van der Waals surface area (Å²) in [4.78, 5) is 21.5. The number of aromatic nitrogens is 2. The van der Waals surface area contributed by atoms with Crippen LogP contribution in [0.3, 0.4) is 0 Å². The average Bonchev–Trinajstić information content (AvgIpc) is 2.90. The van der Waals surface area contributed by atoms with Crippen LogP contribution in [0.5, 0.6) is 5.75 Å². The predicted molar refractivity (Wildman–Crippen MR) is 138 cm³/mol. The maximum absolute atomic E-state index is 14.0. The van der Waals surface area contributed by atoms with Crippen molar-refractivity contribution in [3.05, 3.63) is 83.2 Å². The van der Waals surface area contributed by atoms with Gasteiger partial charge in [0.2, 0.25) is 0 Å². The third-order valence-electron chi connectivity index (χ3n) is 6.90. The van der Waals surface area contributed by atoms with E-state index < -0.39 is 0 Å². The topological polar surface area (TPSA) is 47.4 Å². The normalized spacial score (nSPS) is 16.6. The quantitative estimate of drug-likeness (QED) is 0.388. The molecule has 0 bridgehead atoms. The van der Waals surface area contributed by atoms with E-state index >= 15 is 0 Å². The van der Waals surface area contributed by atoms with E-state index in [1.165, 1.54) is 0 Å². The summed E-state index contributed by atoms with van der Waals surface area (Å²) in [5, 5.41) is 0.656. The molecule has 5 nitrogen and oxygen atoms in total. The summed E-state index contributed by atoms with van der Waals surface area (Å²) in [7, 11) is 1.66. The third-order valence-corrected chi connectivity index (χ3v) is 6.90. The number of para-hydroxylation sites is 1. The van der Waals surface area contributed by atoms with Gasteiger partial charge in [0.25, 0.3) is 5.56 Å². The molecule has 5 heteroatoms. The van der Waals surface area contributed by atoms with Gasteiger partial charge in [-0.2, -0.15) is 0 Å². The molecule has 5 rings (SSSR count). The number of hydrogen-bond acceptors (Lipinski definition) is 4. The molecule has 1 saturated heterocycles. The lowest BCUT2D eigenvalue weighted by Gasteiger charge is -2.32. The lowest BCUT2D eigenvalue weighted by molar-refractivity contribution is 0.169. The van der Waals surface area contributed by atoms with E-state index in [1.54, 1.807) is 7.11 Å². The standard InChI is InChI=1S/C29H31N3O2/c1-3-31-17-9-10-21(19-31)20-32-28(24-13-7-8-14-27(24)34-2)30-26-16-15-23(18-25(26)29(32)33)22-11-5-4-6-12-22/h4-8,11-16,18,21H,3,9-10,17,19-20H2,1-2H3. The number of fused-ring (bicyclic) bond motifs is 1. The van der Waals surface area contributed by atoms with Gasteiger partial charge in [0.1, 0.15) is 11.6 Å². The number of rotatable bonds is 6. The Kier molecular flexibility index (Phi) is 6.45. The molecule has 0 N–H and O–H groups in total. The molecule has 34 heavy (non-hydrogen) atoms. The SMILES string of the molecule is CCN1CCCC(Cn2c(-c3ccccc3OC)nc3ccc(-c4ccccc4)cc3c2=O)C1. The van der Waals surface area contributed by atoms with Crippen LogP contribution in [0.1, 0.15) is 19.8 Å². The molecule has 1 unspecified atom stereocenters. The number of nitrogens with zero attached hydrogens (tertiary/aromatic N) is 3.